The van der Waals surface area contributed by atoms with Gasteiger partial charge in [0.15, 0.2) is 5.52 Å². The van der Waals surface area contributed by atoms with Gasteiger partial charge in [0.1, 0.15) is 5.52 Å². The molecule has 2 rings (SSSR count). The Balaban J connectivity index is 2.71. The number of hydrogen-bond donors (Lipinski definition) is 0. The Kier molecular flexibility index (Phi) is 3.14. The topological polar surface area (TPSA) is 83.1 Å². The van der Waals surface area contributed by atoms with Gasteiger partial charge in [-0.1, -0.05) is 4.85 Å². The minimum absolute atomic E-state index is 0.148. The van der Waals surface area contributed by atoms with Gasteiger partial charge in [0.25, 0.3) is 5.69 Å². The van der Waals surface area contributed by atoms with Crippen LogP contribution in [-0.2, 0) is 6.18 Å². The summed E-state index contributed by atoms with van der Waals surface area (Å²) in [7, 11) is 0. The van der Waals surface area contributed by atoms with Gasteiger partial charge in [0.2, 0.25) is 0 Å². The smallest absolute Gasteiger partial charge is 0.293 e. The molecule has 7 nitrogen and oxygen atoms in total. The highest BCUT2D eigenvalue weighted by atomic mass is 19.4. The molecule has 0 atom stereocenters. The molecule has 0 aliphatic carbocycles. The zero-order valence-electron chi connectivity index (χ0n) is 9.44. The fourth-order valence-corrected chi connectivity index (χ4v) is 1.45. The lowest BCUT2D eigenvalue weighted by molar-refractivity contribution is -0.383. The van der Waals surface area contributed by atoms with E-state index in [0.717, 1.165) is 0 Å². The summed E-state index contributed by atoms with van der Waals surface area (Å²) in [5, 5.41) is 16.5. The van der Waals surface area contributed by atoms with Gasteiger partial charge in [-0.3, -0.25) is 15.0 Å². The van der Waals surface area contributed by atoms with E-state index in [2.05, 4.69) is 15.1 Å². The van der Waals surface area contributed by atoms with Gasteiger partial charge in [-0.05, 0) is 11.3 Å². The number of halogens is 6. The third-order valence-electron chi connectivity index (χ3n) is 2.22. The van der Waals surface area contributed by atoms with Gasteiger partial charge >= 0.3 is 12.5 Å². The van der Waals surface area contributed by atoms with Crippen LogP contribution < -0.4 is 4.84 Å². The Hall–Kier alpha value is -2.60. The average molecular weight is 316 g/mol. The highest BCUT2D eigenvalue weighted by Gasteiger charge is 2.37. The summed E-state index contributed by atoms with van der Waals surface area (Å²) in [4.78, 5) is 12.4. The molecule has 0 fully saturated rings. The molecular formula is C8H2F6N4O3. The van der Waals surface area contributed by atoms with E-state index in [9.17, 15) is 36.5 Å². The molecule has 0 saturated heterocycles. The van der Waals surface area contributed by atoms with Gasteiger partial charge in [-0.2, -0.15) is 13.2 Å². The van der Waals surface area contributed by atoms with E-state index in [1.54, 1.807) is 0 Å². The van der Waals surface area contributed by atoms with Gasteiger partial charge in [0, 0.05) is 6.07 Å². The second-order valence-corrected chi connectivity index (χ2v) is 3.62. The summed E-state index contributed by atoms with van der Waals surface area (Å²) in [6.07, 6.45) is -10.3. The minimum atomic E-state index is -5.26. The van der Waals surface area contributed by atoms with Crippen molar-refractivity contribution in [3.8, 4) is 0 Å². The van der Waals surface area contributed by atoms with Gasteiger partial charge in [-0.15, -0.1) is 18.3 Å². The molecule has 0 radical (unpaired) electrons. The molecule has 0 aliphatic heterocycles. The van der Waals surface area contributed by atoms with Crippen LogP contribution in [0.1, 0.15) is 5.56 Å². The molecule has 0 spiro atoms. The van der Waals surface area contributed by atoms with Crippen molar-refractivity contribution < 1.29 is 36.1 Å². The number of alkyl halides is 6. The number of rotatable bonds is 2. The third kappa shape index (κ3) is 2.95. The molecular weight excluding hydrogens is 314 g/mol. The summed E-state index contributed by atoms with van der Waals surface area (Å²) in [5.41, 5.74) is -4.38. The zero-order chi connectivity index (χ0) is 16.0. The number of fused-ring (bicyclic) bond motifs is 1. The van der Waals surface area contributed by atoms with Crippen LogP contribution >= 0.6 is 0 Å². The SMILES string of the molecule is O=[N+]([O-])c1cc(C(F)(F)F)cc2c1nnn2OC(F)(F)F. The number of nitro groups is 1. The van der Waals surface area contributed by atoms with Crippen LogP contribution in [0.5, 0.6) is 0 Å². The van der Waals surface area contributed by atoms with Crippen molar-refractivity contribution >= 4 is 16.7 Å². The molecule has 13 heteroatoms. The predicted molar refractivity (Wildman–Crippen MR) is 51.8 cm³/mol. The summed E-state index contributed by atoms with van der Waals surface area (Å²) in [6, 6.07) is 0.364. The molecule has 1 aromatic carbocycles. The highest BCUT2D eigenvalue weighted by molar-refractivity contribution is 5.84. The molecule has 0 unspecified atom stereocenters. The first-order valence-corrected chi connectivity index (χ1v) is 4.86. The van der Waals surface area contributed by atoms with Crippen molar-refractivity contribution in [2.75, 3.05) is 0 Å². The van der Waals surface area contributed by atoms with Crippen LogP contribution in [0.25, 0.3) is 11.0 Å². The lowest BCUT2D eigenvalue weighted by Gasteiger charge is -2.09. The first-order valence-electron chi connectivity index (χ1n) is 4.86. The lowest BCUT2D eigenvalue weighted by atomic mass is 10.1. The molecule has 21 heavy (non-hydrogen) atoms. The molecule has 1 aromatic heterocycles. The second-order valence-electron chi connectivity index (χ2n) is 3.62. The van der Waals surface area contributed by atoms with Crippen molar-refractivity contribution in [1.82, 2.24) is 15.2 Å². The molecule has 2 aromatic rings. The number of benzene rings is 1. The fourth-order valence-electron chi connectivity index (χ4n) is 1.45. The summed E-state index contributed by atoms with van der Waals surface area (Å²) in [5.74, 6) is 0. The maximum absolute atomic E-state index is 12.6. The van der Waals surface area contributed by atoms with E-state index in [-0.39, 0.29) is 17.0 Å². The van der Waals surface area contributed by atoms with Crippen LogP contribution in [0, 0.1) is 10.1 Å². The van der Waals surface area contributed by atoms with Crippen molar-refractivity contribution in [3.63, 3.8) is 0 Å². The predicted octanol–water partition coefficient (Wildman–Crippen LogP) is 2.31. The summed E-state index contributed by atoms with van der Waals surface area (Å²) >= 11 is 0. The fraction of sp³-hybridized carbons (Fsp3) is 0.250. The first-order chi connectivity index (χ1) is 9.49. The molecule has 0 amide bonds. The van der Waals surface area contributed by atoms with E-state index in [1.165, 1.54) is 0 Å². The van der Waals surface area contributed by atoms with Gasteiger partial charge in [-0.25, -0.2) is 0 Å². The second kappa shape index (κ2) is 4.46. The number of hydrogen-bond acceptors (Lipinski definition) is 5. The van der Waals surface area contributed by atoms with Gasteiger partial charge < -0.3 is 0 Å². The first kappa shape index (κ1) is 14.8. The minimum Gasteiger partial charge on any atom is -0.293 e. The summed E-state index contributed by atoms with van der Waals surface area (Å²) in [6.45, 7) is 0. The van der Waals surface area contributed by atoms with E-state index >= 15 is 0 Å². The van der Waals surface area contributed by atoms with Crippen molar-refractivity contribution in [2.45, 2.75) is 12.5 Å². The molecule has 0 bridgehead atoms. The summed E-state index contributed by atoms with van der Waals surface area (Å²) < 4.78 is 74.0. The van der Waals surface area contributed by atoms with Crippen LogP contribution in [0.2, 0.25) is 0 Å². The Morgan fingerprint density at radius 3 is 2.29 bits per heavy atom. The highest BCUT2D eigenvalue weighted by Crippen LogP contribution is 2.35. The standard InChI is InChI=1S/C8H2F6N4O3/c9-7(10,11)3-1-4-6(5(2-3)18(19)20)15-16-17(4)21-8(12,13)14/h1-2H. The number of aromatic nitrogens is 3. The van der Waals surface area contributed by atoms with E-state index in [4.69, 9.17) is 0 Å². The Labute approximate surface area is 109 Å². The van der Waals surface area contributed by atoms with E-state index in [1.807, 2.05) is 0 Å². The molecule has 0 N–H and O–H groups in total. The maximum Gasteiger partial charge on any atom is 0.593 e. The lowest BCUT2D eigenvalue weighted by Crippen LogP contribution is -2.28. The van der Waals surface area contributed by atoms with E-state index < -0.39 is 39.7 Å². The quantitative estimate of drug-likeness (QED) is 0.482. The number of nitro benzene ring substituents is 1. The van der Waals surface area contributed by atoms with Gasteiger partial charge in [0.05, 0.1) is 10.5 Å². The normalized spacial score (nSPS) is 12.7. The number of non-ortho nitro benzene ring substituents is 1. The Morgan fingerprint density at radius 1 is 1.19 bits per heavy atom. The molecule has 0 saturated carbocycles. The van der Waals surface area contributed by atoms with Crippen LogP contribution in [0.3, 0.4) is 0 Å². The Morgan fingerprint density at radius 2 is 1.81 bits per heavy atom. The van der Waals surface area contributed by atoms with Crippen molar-refractivity contribution in [3.05, 3.63) is 27.8 Å². The van der Waals surface area contributed by atoms with Crippen molar-refractivity contribution in [2.24, 2.45) is 0 Å². The number of nitrogens with zero attached hydrogens (tertiary/aromatic N) is 4. The van der Waals surface area contributed by atoms with Crippen LogP contribution in [0.15, 0.2) is 12.1 Å². The van der Waals surface area contributed by atoms with Crippen molar-refractivity contribution in [1.29, 1.82) is 0 Å². The zero-order valence-corrected chi connectivity index (χ0v) is 9.44. The molecule has 1 heterocycles. The monoisotopic (exact) mass is 316 g/mol. The average Bonchev–Trinajstić information content (AvgIpc) is 2.67. The van der Waals surface area contributed by atoms with E-state index in [0.29, 0.717) is 0 Å². The largest absolute Gasteiger partial charge is 0.593 e. The third-order valence-corrected chi connectivity index (χ3v) is 2.22. The Bertz CT molecular complexity index is 706. The molecule has 0 aliphatic rings. The van der Waals surface area contributed by atoms with Crippen LogP contribution in [0.4, 0.5) is 32.0 Å². The maximum atomic E-state index is 12.6. The molecule has 114 valence electrons. The van der Waals surface area contributed by atoms with Crippen LogP contribution in [-0.4, -0.2) is 26.4 Å².